The lowest BCUT2D eigenvalue weighted by Crippen LogP contribution is -2.29. The molecular weight excluding hydrogens is 494 g/mol. The van der Waals surface area contributed by atoms with Crippen LogP contribution < -0.4 is 9.64 Å². The number of anilines is 1. The number of Topliss-reactive ketones (excluding diaryl/α,β-unsaturated/α-hetero) is 1. The van der Waals surface area contributed by atoms with Crippen LogP contribution in [0.3, 0.4) is 0 Å². The third-order valence-electron chi connectivity index (χ3n) is 6.23. The maximum Gasteiger partial charge on any atom is 0.301 e. The van der Waals surface area contributed by atoms with Crippen molar-refractivity contribution in [2.75, 3.05) is 12.0 Å². The molecule has 0 bridgehead atoms. The van der Waals surface area contributed by atoms with Crippen LogP contribution in [-0.2, 0) is 9.59 Å². The smallest absolute Gasteiger partial charge is 0.301 e. The van der Waals surface area contributed by atoms with Crippen molar-refractivity contribution in [1.29, 1.82) is 0 Å². The van der Waals surface area contributed by atoms with Crippen LogP contribution in [-0.4, -0.2) is 33.8 Å². The zero-order valence-electron chi connectivity index (χ0n) is 20.1. The fourth-order valence-electron chi connectivity index (χ4n) is 4.52. The van der Waals surface area contributed by atoms with Gasteiger partial charge >= 0.3 is 5.91 Å². The summed E-state index contributed by atoms with van der Waals surface area (Å²) < 4.78 is 6.00. The summed E-state index contributed by atoms with van der Waals surface area (Å²) >= 11 is 1.24. The van der Waals surface area contributed by atoms with Crippen LogP contribution in [0.4, 0.5) is 10.8 Å². The topological polar surface area (TPSA) is 123 Å². The molecule has 1 atom stereocenters. The van der Waals surface area contributed by atoms with Gasteiger partial charge in [0.05, 0.1) is 33.9 Å². The lowest BCUT2D eigenvalue weighted by Gasteiger charge is -2.22. The molecule has 1 aliphatic rings. The third kappa shape index (κ3) is 4.11. The van der Waals surface area contributed by atoms with Crippen molar-refractivity contribution in [2.24, 2.45) is 0 Å². The number of nitro groups is 1. The highest BCUT2D eigenvalue weighted by atomic mass is 32.1. The van der Waals surface area contributed by atoms with E-state index in [0.717, 1.165) is 15.8 Å². The summed E-state index contributed by atoms with van der Waals surface area (Å²) in [7, 11) is 1.50. The Morgan fingerprint density at radius 2 is 1.84 bits per heavy atom. The van der Waals surface area contributed by atoms with Gasteiger partial charge in [-0.3, -0.25) is 24.6 Å². The predicted molar refractivity (Wildman–Crippen MR) is 140 cm³/mol. The third-order valence-corrected chi connectivity index (χ3v) is 7.23. The second-order valence-electron chi connectivity index (χ2n) is 8.67. The normalized spacial score (nSPS) is 16.9. The van der Waals surface area contributed by atoms with Crippen LogP contribution >= 0.6 is 11.3 Å². The maximum absolute atomic E-state index is 13.4. The number of aliphatic hydroxyl groups is 1. The Labute approximate surface area is 215 Å². The zero-order valence-corrected chi connectivity index (χ0v) is 20.9. The molecule has 0 aliphatic carbocycles. The molecule has 1 fully saturated rings. The summed E-state index contributed by atoms with van der Waals surface area (Å²) in [5.74, 6) is -1.63. The molecule has 0 saturated carbocycles. The quantitative estimate of drug-likeness (QED) is 0.123. The average molecular weight is 516 g/mol. The molecule has 37 heavy (non-hydrogen) atoms. The number of hydrogen-bond acceptors (Lipinski definition) is 8. The standard InChI is InChI=1S/C27H21N3O6S/c1-14-11-15(2)22-20(12-14)37-27(28-22)29-23(17-5-4-6-18(13-17)30(34)35)21(25(32)26(29)33)24(31)16-7-9-19(36-3)10-8-16/h4-13,23,31H,1-3H3. The van der Waals surface area contributed by atoms with Gasteiger partial charge in [-0.1, -0.05) is 29.5 Å². The molecule has 2 heterocycles. The summed E-state index contributed by atoms with van der Waals surface area (Å²) in [5.41, 5.74) is 2.85. The molecule has 10 heteroatoms. The van der Waals surface area contributed by atoms with E-state index in [1.54, 1.807) is 30.3 Å². The molecule has 1 N–H and O–H groups in total. The molecular formula is C27H21N3O6S. The van der Waals surface area contributed by atoms with Crippen molar-refractivity contribution in [1.82, 2.24) is 4.98 Å². The summed E-state index contributed by atoms with van der Waals surface area (Å²) in [4.78, 5) is 43.6. The van der Waals surface area contributed by atoms with E-state index in [1.807, 2.05) is 26.0 Å². The minimum Gasteiger partial charge on any atom is -0.507 e. The first kappa shape index (κ1) is 24.1. The average Bonchev–Trinajstić information content (AvgIpc) is 3.42. The van der Waals surface area contributed by atoms with E-state index in [2.05, 4.69) is 4.98 Å². The first-order chi connectivity index (χ1) is 17.7. The number of ether oxygens (including phenoxy) is 1. The van der Waals surface area contributed by atoms with Crippen LogP contribution in [0.5, 0.6) is 5.75 Å². The number of aliphatic hydroxyl groups excluding tert-OH is 1. The summed E-state index contributed by atoms with van der Waals surface area (Å²) in [5, 5.41) is 23.0. The lowest BCUT2D eigenvalue weighted by molar-refractivity contribution is -0.384. The number of nitrogens with zero attached hydrogens (tertiary/aromatic N) is 3. The number of thiazole rings is 1. The Balaban J connectivity index is 1.75. The molecule has 186 valence electrons. The van der Waals surface area contributed by atoms with Crippen molar-refractivity contribution in [3.05, 3.63) is 98.6 Å². The molecule has 3 aromatic carbocycles. The summed E-state index contributed by atoms with van der Waals surface area (Å²) in [6, 6.07) is 14.8. The van der Waals surface area contributed by atoms with Crippen molar-refractivity contribution >= 4 is 49.8 Å². The molecule has 1 amide bonds. The first-order valence-electron chi connectivity index (χ1n) is 11.3. The molecule has 1 aromatic heterocycles. The van der Waals surface area contributed by atoms with E-state index in [4.69, 9.17) is 4.74 Å². The van der Waals surface area contributed by atoms with Gasteiger partial charge in [0.1, 0.15) is 11.5 Å². The van der Waals surface area contributed by atoms with E-state index in [-0.39, 0.29) is 16.4 Å². The van der Waals surface area contributed by atoms with E-state index < -0.39 is 28.4 Å². The molecule has 5 rings (SSSR count). The molecule has 1 saturated heterocycles. The molecule has 0 radical (unpaired) electrons. The highest BCUT2D eigenvalue weighted by Crippen LogP contribution is 2.45. The Morgan fingerprint density at radius 1 is 1.11 bits per heavy atom. The fraction of sp³-hybridized carbons (Fsp3) is 0.148. The van der Waals surface area contributed by atoms with Gasteiger partial charge in [-0.25, -0.2) is 4.98 Å². The van der Waals surface area contributed by atoms with E-state index in [9.17, 15) is 24.8 Å². The largest absolute Gasteiger partial charge is 0.507 e. The number of nitro benzene ring substituents is 1. The molecule has 0 spiro atoms. The SMILES string of the molecule is COc1ccc(C(O)=C2C(=O)C(=O)N(c3nc4c(C)cc(C)cc4s3)C2c2cccc([N+](=O)[O-])c2)cc1. The number of hydrogen-bond donors (Lipinski definition) is 1. The van der Waals surface area contributed by atoms with Gasteiger partial charge in [0.15, 0.2) is 5.13 Å². The monoisotopic (exact) mass is 515 g/mol. The van der Waals surface area contributed by atoms with Crippen LogP contribution in [0.25, 0.3) is 16.0 Å². The molecule has 4 aromatic rings. The minimum atomic E-state index is -1.12. The van der Waals surface area contributed by atoms with Gasteiger partial charge in [0.25, 0.3) is 11.5 Å². The van der Waals surface area contributed by atoms with Gasteiger partial charge in [-0.05, 0) is 60.9 Å². The molecule has 1 aliphatic heterocycles. The zero-order chi connectivity index (χ0) is 26.4. The number of rotatable bonds is 5. The Kier molecular flexibility index (Phi) is 5.96. The molecule has 1 unspecified atom stereocenters. The van der Waals surface area contributed by atoms with Crippen LogP contribution in [0.2, 0.25) is 0 Å². The minimum absolute atomic E-state index is 0.178. The summed E-state index contributed by atoms with van der Waals surface area (Å²) in [6.45, 7) is 3.87. The van der Waals surface area contributed by atoms with Gasteiger partial charge in [-0.2, -0.15) is 0 Å². The van der Waals surface area contributed by atoms with Gasteiger partial charge < -0.3 is 9.84 Å². The van der Waals surface area contributed by atoms with E-state index >= 15 is 0 Å². The number of aromatic nitrogens is 1. The second-order valence-corrected chi connectivity index (χ2v) is 9.68. The van der Waals surface area contributed by atoms with Crippen molar-refractivity contribution < 1.29 is 24.4 Å². The maximum atomic E-state index is 13.4. The van der Waals surface area contributed by atoms with Crippen molar-refractivity contribution in [3.8, 4) is 5.75 Å². The van der Waals surface area contributed by atoms with E-state index in [0.29, 0.717) is 22.4 Å². The fourth-order valence-corrected chi connectivity index (χ4v) is 5.69. The number of fused-ring (bicyclic) bond motifs is 1. The number of ketones is 1. The number of carbonyl (C=O) groups is 2. The lowest BCUT2D eigenvalue weighted by atomic mass is 9.95. The number of benzene rings is 3. The second kappa shape index (κ2) is 9.14. The predicted octanol–water partition coefficient (Wildman–Crippen LogP) is 5.46. The Morgan fingerprint density at radius 3 is 2.51 bits per heavy atom. The Hall–Kier alpha value is -4.57. The molecule has 9 nitrogen and oxygen atoms in total. The first-order valence-corrected chi connectivity index (χ1v) is 12.1. The highest BCUT2D eigenvalue weighted by Gasteiger charge is 2.48. The Bertz CT molecular complexity index is 1620. The number of methoxy groups -OCH3 is 1. The number of aryl methyl sites for hydroxylation is 2. The van der Waals surface area contributed by atoms with Crippen LogP contribution in [0.15, 0.2) is 66.2 Å². The van der Waals surface area contributed by atoms with Crippen LogP contribution in [0.1, 0.15) is 28.3 Å². The van der Waals surface area contributed by atoms with Crippen molar-refractivity contribution in [2.45, 2.75) is 19.9 Å². The van der Waals surface area contributed by atoms with Gasteiger partial charge in [0, 0.05) is 17.7 Å². The van der Waals surface area contributed by atoms with Gasteiger partial charge in [-0.15, -0.1) is 0 Å². The highest BCUT2D eigenvalue weighted by molar-refractivity contribution is 7.22. The number of non-ortho nitro benzene ring substituents is 1. The number of carbonyl (C=O) groups excluding carboxylic acids is 2. The number of amides is 1. The summed E-state index contributed by atoms with van der Waals surface area (Å²) in [6.07, 6.45) is 0. The van der Waals surface area contributed by atoms with E-state index in [1.165, 1.54) is 41.5 Å². The van der Waals surface area contributed by atoms with Crippen LogP contribution in [0, 0.1) is 24.0 Å². The van der Waals surface area contributed by atoms with Gasteiger partial charge in [0.2, 0.25) is 0 Å². The van der Waals surface area contributed by atoms with Crippen molar-refractivity contribution in [3.63, 3.8) is 0 Å².